The molecule has 3 nitrogen and oxygen atoms in total. The van der Waals surface area contributed by atoms with Crippen LogP contribution >= 0.6 is 15.9 Å². The van der Waals surface area contributed by atoms with Crippen LogP contribution < -0.4 is 9.47 Å². The molecule has 1 aliphatic carbocycles. The summed E-state index contributed by atoms with van der Waals surface area (Å²) in [5, 5.41) is 0. The summed E-state index contributed by atoms with van der Waals surface area (Å²) in [5.74, 6) is 1.59. The lowest BCUT2D eigenvalue weighted by Crippen LogP contribution is -2.22. The van der Waals surface area contributed by atoms with Crippen molar-refractivity contribution in [3.05, 3.63) is 22.2 Å². The van der Waals surface area contributed by atoms with Gasteiger partial charge in [0.25, 0.3) is 0 Å². The van der Waals surface area contributed by atoms with Gasteiger partial charge in [-0.3, -0.25) is 4.79 Å². The number of hydrogen-bond donors (Lipinski definition) is 0. The van der Waals surface area contributed by atoms with E-state index in [2.05, 4.69) is 15.9 Å². The molecule has 0 amide bonds. The van der Waals surface area contributed by atoms with Crippen molar-refractivity contribution in [1.29, 1.82) is 0 Å². The molecule has 1 aliphatic rings. The zero-order chi connectivity index (χ0) is 12.4. The summed E-state index contributed by atoms with van der Waals surface area (Å²) < 4.78 is 11.2. The zero-order valence-corrected chi connectivity index (χ0v) is 11.5. The third-order valence-corrected chi connectivity index (χ3v) is 3.98. The Bertz CT molecular complexity index is 439. The number of halogens is 1. The summed E-state index contributed by atoms with van der Waals surface area (Å²) in [5.41, 5.74) is 0.643. The van der Waals surface area contributed by atoms with E-state index in [4.69, 9.17) is 9.47 Å². The van der Waals surface area contributed by atoms with E-state index in [9.17, 15) is 4.79 Å². The van der Waals surface area contributed by atoms with Gasteiger partial charge in [-0.1, -0.05) is 6.42 Å². The van der Waals surface area contributed by atoms with Gasteiger partial charge in [-0.25, -0.2) is 0 Å². The van der Waals surface area contributed by atoms with Crippen LogP contribution in [-0.4, -0.2) is 20.0 Å². The van der Waals surface area contributed by atoms with Crippen molar-refractivity contribution in [3.63, 3.8) is 0 Å². The molecular weight excluding hydrogens is 284 g/mol. The summed E-state index contributed by atoms with van der Waals surface area (Å²) in [7, 11) is 3.16. The Labute approximate surface area is 109 Å². The summed E-state index contributed by atoms with van der Waals surface area (Å²) in [6.45, 7) is 0. The molecule has 0 spiro atoms. The number of rotatable bonds is 4. The average Bonchev–Trinajstić information content (AvgIpc) is 2.26. The highest BCUT2D eigenvalue weighted by Gasteiger charge is 2.29. The highest BCUT2D eigenvalue weighted by Crippen LogP contribution is 2.40. The van der Waals surface area contributed by atoms with E-state index in [1.807, 2.05) is 0 Å². The molecular formula is C13H15BrO3. The topological polar surface area (TPSA) is 35.5 Å². The molecule has 1 saturated carbocycles. The fraction of sp³-hybridized carbons (Fsp3) is 0.462. The van der Waals surface area contributed by atoms with E-state index in [1.165, 1.54) is 0 Å². The van der Waals surface area contributed by atoms with Crippen LogP contribution in [0.4, 0.5) is 0 Å². The van der Waals surface area contributed by atoms with Crippen molar-refractivity contribution in [2.75, 3.05) is 14.2 Å². The van der Waals surface area contributed by atoms with Crippen LogP contribution in [-0.2, 0) is 0 Å². The van der Waals surface area contributed by atoms with Gasteiger partial charge in [-0.15, -0.1) is 0 Å². The van der Waals surface area contributed by atoms with Crippen molar-refractivity contribution in [1.82, 2.24) is 0 Å². The standard InChI is InChI=1S/C13H15BrO3/c1-16-10-7-6-9(13(17-2)11(10)14)12(15)8-4-3-5-8/h6-8H,3-5H2,1-2H3. The second-order valence-electron chi connectivity index (χ2n) is 4.15. The number of carbonyl (C=O) groups is 1. The van der Waals surface area contributed by atoms with Crippen LogP contribution in [0.5, 0.6) is 11.5 Å². The minimum absolute atomic E-state index is 0.171. The number of ether oxygens (including phenoxy) is 2. The quantitative estimate of drug-likeness (QED) is 0.799. The van der Waals surface area contributed by atoms with Gasteiger partial charge in [-0.2, -0.15) is 0 Å². The Hall–Kier alpha value is -1.03. The lowest BCUT2D eigenvalue weighted by Gasteiger charge is -2.25. The van der Waals surface area contributed by atoms with Crippen LogP contribution in [0.25, 0.3) is 0 Å². The summed E-state index contributed by atoms with van der Waals surface area (Å²) >= 11 is 3.41. The molecule has 0 aromatic heterocycles. The van der Waals surface area contributed by atoms with Crippen LogP contribution in [0.2, 0.25) is 0 Å². The maximum atomic E-state index is 12.2. The maximum Gasteiger partial charge on any atom is 0.169 e. The number of ketones is 1. The maximum absolute atomic E-state index is 12.2. The van der Waals surface area contributed by atoms with Gasteiger partial charge in [0.1, 0.15) is 16.0 Å². The third kappa shape index (κ3) is 2.18. The summed E-state index contributed by atoms with van der Waals surface area (Å²) in [6.07, 6.45) is 3.13. The SMILES string of the molecule is COc1ccc(C(=O)C2CCC2)c(OC)c1Br. The van der Waals surface area contributed by atoms with Gasteiger partial charge < -0.3 is 9.47 Å². The number of hydrogen-bond acceptors (Lipinski definition) is 3. The van der Waals surface area contributed by atoms with E-state index in [1.54, 1.807) is 26.4 Å². The minimum Gasteiger partial charge on any atom is -0.495 e. The Kier molecular flexibility index (Phi) is 3.72. The number of methoxy groups -OCH3 is 2. The lowest BCUT2D eigenvalue weighted by molar-refractivity contribution is 0.0852. The van der Waals surface area contributed by atoms with Crippen molar-refractivity contribution in [2.24, 2.45) is 5.92 Å². The summed E-state index contributed by atoms with van der Waals surface area (Å²) in [6, 6.07) is 3.57. The van der Waals surface area contributed by atoms with Crippen molar-refractivity contribution in [2.45, 2.75) is 19.3 Å². The molecule has 2 rings (SSSR count). The van der Waals surface area contributed by atoms with Crippen LogP contribution in [0.3, 0.4) is 0 Å². The molecule has 0 bridgehead atoms. The van der Waals surface area contributed by atoms with Crippen molar-refractivity contribution in [3.8, 4) is 11.5 Å². The second-order valence-corrected chi connectivity index (χ2v) is 4.95. The van der Waals surface area contributed by atoms with Gasteiger partial charge in [0.05, 0.1) is 19.8 Å². The molecule has 1 aromatic rings. The van der Waals surface area contributed by atoms with E-state index in [0.29, 0.717) is 21.5 Å². The molecule has 0 N–H and O–H groups in total. The number of benzene rings is 1. The van der Waals surface area contributed by atoms with Gasteiger partial charge in [-0.05, 0) is 40.9 Å². The van der Waals surface area contributed by atoms with E-state index in [0.717, 1.165) is 19.3 Å². The molecule has 17 heavy (non-hydrogen) atoms. The van der Waals surface area contributed by atoms with Gasteiger partial charge in [0.2, 0.25) is 0 Å². The molecule has 0 radical (unpaired) electrons. The second kappa shape index (κ2) is 5.08. The Morgan fingerprint density at radius 2 is 2.00 bits per heavy atom. The Morgan fingerprint density at radius 1 is 1.29 bits per heavy atom. The van der Waals surface area contributed by atoms with Crippen LogP contribution in [0.1, 0.15) is 29.6 Å². The molecule has 1 fully saturated rings. The molecule has 0 atom stereocenters. The molecule has 0 heterocycles. The zero-order valence-electron chi connectivity index (χ0n) is 9.96. The number of Topliss-reactive ketones (excluding diaryl/α,β-unsaturated/α-hetero) is 1. The van der Waals surface area contributed by atoms with Gasteiger partial charge in [0, 0.05) is 5.92 Å². The van der Waals surface area contributed by atoms with E-state index < -0.39 is 0 Å². The first kappa shape index (κ1) is 12.4. The highest BCUT2D eigenvalue weighted by molar-refractivity contribution is 9.10. The number of carbonyl (C=O) groups excluding carboxylic acids is 1. The first-order valence-electron chi connectivity index (χ1n) is 5.63. The third-order valence-electron chi connectivity index (χ3n) is 3.23. The van der Waals surface area contributed by atoms with Gasteiger partial charge in [0.15, 0.2) is 5.78 Å². The van der Waals surface area contributed by atoms with Crippen LogP contribution in [0.15, 0.2) is 16.6 Å². The Balaban J connectivity index is 2.39. The first-order valence-corrected chi connectivity index (χ1v) is 6.43. The predicted octanol–water partition coefficient (Wildman–Crippen LogP) is 3.45. The molecule has 4 heteroatoms. The summed E-state index contributed by atoms with van der Waals surface area (Å²) in [4.78, 5) is 12.2. The normalized spacial score (nSPS) is 15.2. The first-order chi connectivity index (χ1) is 8.19. The molecule has 0 saturated heterocycles. The Morgan fingerprint density at radius 3 is 2.47 bits per heavy atom. The molecule has 1 aromatic carbocycles. The molecule has 0 unspecified atom stereocenters. The fourth-order valence-electron chi connectivity index (χ4n) is 1.98. The largest absolute Gasteiger partial charge is 0.495 e. The molecule has 0 aliphatic heterocycles. The van der Waals surface area contributed by atoms with Crippen LogP contribution in [0, 0.1) is 5.92 Å². The lowest BCUT2D eigenvalue weighted by atomic mass is 9.80. The monoisotopic (exact) mass is 298 g/mol. The van der Waals surface area contributed by atoms with E-state index >= 15 is 0 Å². The van der Waals surface area contributed by atoms with Crippen molar-refractivity contribution < 1.29 is 14.3 Å². The molecule has 92 valence electrons. The minimum atomic E-state index is 0.171. The highest BCUT2D eigenvalue weighted by atomic mass is 79.9. The van der Waals surface area contributed by atoms with Crippen molar-refractivity contribution >= 4 is 21.7 Å². The predicted molar refractivity (Wildman–Crippen MR) is 68.9 cm³/mol. The smallest absolute Gasteiger partial charge is 0.169 e. The van der Waals surface area contributed by atoms with Gasteiger partial charge >= 0.3 is 0 Å². The average molecular weight is 299 g/mol. The van der Waals surface area contributed by atoms with E-state index in [-0.39, 0.29) is 11.7 Å². The fourth-order valence-corrected chi connectivity index (χ4v) is 2.65.